The number of nitrogens with one attached hydrogen (secondary N) is 2. The third kappa shape index (κ3) is 2.82. The summed E-state index contributed by atoms with van der Waals surface area (Å²) in [5.74, 6) is -0.512. The zero-order chi connectivity index (χ0) is 18.3. The van der Waals surface area contributed by atoms with Gasteiger partial charge in [-0.05, 0) is 19.1 Å². The third-order valence-corrected chi connectivity index (χ3v) is 3.99. The maximum absolute atomic E-state index is 14.2. The molecule has 7 nitrogen and oxygen atoms in total. The molecule has 1 aromatic carbocycles. The highest BCUT2D eigenvalue weighted by Crippen LogP contribution is 2.33. The number of fused-ring (bicyclic) bond motifs is 1. The van der Waals surface area contributed by atoms with Crippen molar-refractivity contribution in [1.82, 2.24) is 29.9 Å². The zero-order valence-electron chi connectivity index (χ0n) is 13.3. The predicted molar refractivity (Wildman–Crippen MR) is 92.1 cm³/mol. The Morgan fingerprint density at radius 3 is 2.62 bits per heavy atom. The van der Waals surface area contributed by atoms with Crippen LogP contribution in [-0.2, 0) is 0 Å². The topological polar surface area (TPSA) is 92.3 Å². The van der Waals surface area contributed by atoms with Crippen molar-refractivity contribution in [3.8, 4) is 11.4 Å². The number of benzene rings is 1. The fourth-order valence-corrected chi connectivity index (χ4v) is 2.67. The lowest BCUT2D eigenvalue weighted by Gasteiger charge is -2.05. The van der Waals surface area contributed by atoms with E-state index in [4.69, 9.17) is 11.6 Å². The van der Waals surface area contributed by atoms with Crippen LogP contribution in [0.15, 0.2) is 30.9 Å². The lowest BCUT2D eigenvalue weighted by molar-refractivity contribution is 0.602. The van der Waals surface area contributed by atoms with Crippen molar-refractivity contribution in [2.75, 3.05) is 5.32 Å². The van der Waals surface area contributed by atoms with Gasteiger partial charge in [0.05, 0.1) is 10.6 Å². The van der Waals surface area contributed by atoms with Crippen LogP contribution in [0.3, 0.4) is 0 Å². The van der Waals surface area contributed by atoms with E-state index in [0.717, 1.165) is 17.8 Å². The molecule has 0 radical (unpaired) electrons. The second-order valence-electron chi connectivity index (χ2n) is 5.39. The summed E-state index contributed by atoms with van der Waals surface area (Å²) >= 11 is 5.90. The first-order valence-electron chi connectivity index (χ1n) is 7.43. The van der Waals surface area contributed by atoms with Crippen LogP contribution in [0.5, 0.6) is 0 Å². The molecule has 0 spiro atoms. The number of halogens is 3. The SMILES string of the molecule is Cc1cc(Nc2ncnc3nc(-c4c(F)ccc(F)c4Cl)[nH]c23)ncn1. The van der Waals surface area contributed by atoms with Crippen LogP contribution in [0.4, 0.5) is 20.4 Å². The van der Waals surface area contributed by atoms with Crippen LogP contribution in [0.2, 0.25) is 5.02 Å². The highest BCUT2D eigenvalue weighted by atomic mass is 35.5. The standard InChI is InChI=1S/C16H10ClF2N7/c1-7-4-10(21-5-20-7)24-15-13-16(23-6-22-15)26-14(25-13)11-8(18)2-3-9(19)12(11)17/h2-6H,1H3,(H2,20,21,22,23,24,25,26). The van der Waals surface area contributed by atoms with E-state index in [0.29, 0.717) is 17.2 Å². The van der Waals surface area contributed by atoms with Gasteiger partial charge in [-0.2, -0.15) is 0 Å². The minimum absolute atomic E-state index is 0.0458. The van der Waals surface area contributed by atoms with Crippen molar-refractivity contribution < 1.29 is 8.78 Å². The molecule has 130 valence electrons. The maximum atomic E-state index is 14.2. The summed E-state index contributed by atoms with van der Waals surface area (Å²) in [4.78, 5) is 23.4. The summed E-state index contributed by atoms with van der Waals surface area (Å²) in [6.45, 7) is 1.82. The Labute approximate surface area is 150 Å². The minimum atomic E-state index is -0.746. The van der Waals surface area contributed by atoms with E-state index >= 15 is 0 Å². The summed E-state index contributed by atoms with van der Waals surface area (Å²) in [5, 5.41) is 2.66. The van der Waals surface area contributed by atoms with Crippen molar-refractivity contribution in [2.45, 2.75) is 6.92 Å². The highest BCUT2D eigenvalue weighted by Gasteiger charge is 2.19. The number of H-pyrrole nitrogens is 1. The lowest BCUT2D eigenvalue weighted by Crippen LogP contribution is -1.99. The number of rotatable bonds is 3. The number of hydrogen-bond acceptors (Lipinski definition) is 6. The molecule has 26 heavy (non-hydrogen) atoms. The van der Waals surface area contributed by atoms with Crippen LogP contribution in [-0.4, -0.2) is 29.9 Å². The van der Waals surface area contributed by atoms with Gasteiger partial charge < -0.3 is 10.3 Å². The van der Waals surface area contributed by atoms with Crippen LogP contribution in [0.25, 0.3) is 22.6 Å². The quantitative estimate of drug-likeness (QED) is 0.531. The second kappa shape index (κ2) is 6.26. The van der Waals surface area contributed by atoms with Gasteiger partial charge in [-0.1, -0.05) is 11.6 Å². The summed E-state index contributed by atoms with van der Waals surface area (Å²) < 4.78 is 27.9. The van der Waals surface area contributed by atoms with Gasteiger partial charge in [-0.15, -0.1) is 0 Å². The normalized spacial score (nSPS) is 11.1. The van der Waals surface area contributed by atoms with Gasteiger partial charge in [0.25, 0.3) is 0 Å². The summed E-state index contributed by atoms with van der Waals surface area (Å²) in [7, 11) is 0. The van der Waals surface area contributed by atoms with Crippen LogP contribution in [0, 0.1) is 18.6 Å². The Morgan fingerprint density at radius 1 is 1.04 bits per heavy atom. The van der Waals surface area contributed by atoms with Gasteiger partial charge in [0, 0.05) is 11.8 Å². The Balaban J connectivity index is 1.83. The summed E-state index contributed by atoms with van der Waals surface area (Å²) in [6, 6.07) is 3.67. The predicted octanol–water partition coefficient (Wildman–Crippen LogP) is 3.79. The number of aromatic nitrogens is 6. The van der Waals surface area contributed by atoms with Crippen molar-refractivity contribution in [2.24, 2.45) is 0 Å². The number of imidazole rings is 1. The molecule has 0 aliphatic carbocycles. The number of nitrogens with zero attached hydrogens (tertiary/aromatic N) is 5. The van der Waals surface area contributed by atoms with E-state index in [1.807, 2.05) is 6.92 Å². The fourth-order valence-electron chi connectivity index (χ4n) is 2.43. The molecule has 4 aromatic rings. The molecule has 0 saturated heterocycles. The molecule has 0 fully saturated rings. The first-order valence-corrected chi connectivity index (χ1v) is 7.81. The van der Waals surface area contributed by atoms with Gasteiger partial charge in [0.2, 0.25) is 0 Å². The molecular weight excluding hydrogens is 364 g/mol. The van der Waals surface area contributed by atoms with Gasteiger partial charge in [-0.3, -0.25) is 0 Å². The molecule has 0 aliphatic rings. The van der Waals surface area contributed by atoms with Crippen molar-refractivity contribution in [3.63, 3.8) is 0 Å². The Bertz CT molecular complexity index is 1130. The molecule has 3 heterocycles. The summed E-state index contributed by atoms with van der Waals surface area (Å²) in [5.41, 5.74) is 1.27. The maximum Gasteiger partial charge on any atom is 0.183 e. The van der Waals surface area contributed by atoms with Crippen LogP contribution in [0.1, 0.15) is 5.69 Å². The Morgan fingerprint density at radius 2 is 1.81 bits per heavy atom. The van der Waals surface area contributed by atoms with Gasteiger partial charge >= 0.3 is 0 Å². The molecule has 2 N–H and O–H groups in total. The first kappa shape index (κ1) is 16.3. The molecule has 0 atom stereocenters. The molecule has 0 bridgehead atoms. The monoisotopic (exact) mass is 373 g/mol. The van der Waals surface area contributed by atoms with E-state index in [2.05, 4.69) is 35.2 Å². The minimum Gasteiger partial charge on any atom is -0.333 e. The molecule has 3 aromatic heterocycles. The molecule has 4 rings (SSSR count). The van der Waals surface area contributed by atoms with Gasteiger partial charge in [0.1, 0.15) is 41.4 Å². The molecule has 0 unspecified atom stereocenters. The first-order chi connectivity index (χ1) is 12.5. The van der Waals surface area contributed by atoms with Crippen molar-refractivity contribution >= 4 is 34.4 Å². The van der Waals surface area contributed by atoms with Crippen molar-refractivity contribution in [3.05, 3.63) is 53.2 Å². The van der Waals surface area contributed by atoms with E-state index in [1.165, 1.54) is 12.7 Å². The van der Waals surface area contributed by atoms with Crippen LogP contribution >= 0.6 is 11.6 Å². The van der Waals surface area contributed by atoms with Gasteiger partial charge in [-0.25, -0.2) is 33.7 Å². The number of aromatic amines is 1. The number of anilines is 2. The lowest BCUT2D eigenvalue weighted by atomic mass is 10.2. The molecular formula is C16H10ClF2N7. The van der Waals surface area contributed by atoms with Crippen LogP contribution < -0.4 is 5.32 Å². The Kier molecular flexibility index (Phi) is 3.92. The molecule has 10 heteroatoms. The zero-order valence-corrected chi connectivity index (χ0v) is 14.0. The largest absolute Gasteiger partial charge is 0.333 e. The molecule has 0 saturated carbocycles. The van der Waals surface area contributed by atoms with Crippen molar-refractivity contribution in [1.29, 1.82) is 0 Å². The smallest absolute Gasteiger partial charge is 0.183 e. The second-order valence-corrected chi connectivity index (χ2v) is 5.77. The summed E-state index contributed by atoms with van der Waals surface area (Å²) in [6.07, 6.45) is 2.71. The van der Waals surface area contributed by atoms with E-state index in [-0.39, 0.29) is 22.1 Å². The van der Waals surface area contributed by atoms with Gasteiger partial charge in [0.15, 0.2) is 11.5 Å². The van der Waals surface area contributed by atoms with E-state index < -0.39 is 11.6 Å². The van der Waals surface area contributed by atoms with E-state index in [1.54, 1.807) is 6.07 Å². The molecule has 0 aliphatic heterocycles. The highest BCUT2D eigenvalue weighted by molar-refractivity contribution is 6.33. The fraction of sp³-hybridized carbons (Fsp3) is 0.0625. The Hall–Kier alpha value is -3.20. The molecule has 0 amide bonds. The third-order valence-electron chi connectivity index (χ3n) is 3.62. The number of hydrogen-bond donors (Lipinski definition) is 2. The average Bonchev–Trinajstić information content (AvgIpc) is 3.03. The number of aryl methyl sites for hydroxylation is 1. The average molecular weight is 374 g/mol. The van der Waals surface area contributed by atoms with E-state index in [9.17, 15) is 8.78 Å².